The molecule has 8 rings (SSSR count). The van der Waals surface area contributed by atoms with Crippen molar-refractivity contribution in [3.8, 4) is 67.3 Å². The molecule has 6 aromatic carbocycles. The maximum Gasteiger partial charge on any atom is 0.386 e. The number of carboxylic acids is 6. The first kappa shape index (κ1) is 47.7. The topological polar surface area (TPSA) is 328 Å². The van der Waals surface area contributed by atoms with Crippen LogP contribution in [0.5, 0.6) is 0 Å². The molecule has 0 aliphatic carbocycles. The second-order valence-corrected chi connectivity index (χ2v) is 15.5. The lowest BCUT2D eigenvalue weighted by Crippen LogP contribution is -2.13. The second-order valence-electron chi connectivity index (χ2n) is 15.5. The van der Waals surface area contributed by atoms with Crippen LogP contribution >= 0.6 is 0 Å². The monoisotopic (exact) mass is 966 g/mol. The van der Waals surface area contributed by atoms with E-state index in [4.69, 9.17) is 9.78 Å². The predicted molar refractivity (Wildman–Crippen MR) is 249 cm³/mol. The lowest BCUT2D eigenvalue weighted by molar-refractivity contribution is -0.187. The highest BCUT2D eigenvalue weighted by molar-refractivity contribution is 6.00. The molecule has 8 aromatic rings. The zero-order valence-electron chi connectivity index (χ0n) is 36.4. The molecule has 0 fully saturated rings. The van der Waals surface area contributed by atoms with Crippen molar-refractivity contribution in [2.24, 2.45) is 0 Å². The largest absolute Gasteiger partial charge is 0.478 e. The Morgan fingerprint density at radius 2 is 0.528 bits per heavy atom. The zero-order chi connectivity index (χ0) is 51.4. The number of aromatic nitrogens is 4. The van der Waals surface area contributed by atoms with Gasteiger partial charge in [-0.05, 0) is 107 Å². The van der Waals surface area contributed by atoms with E-state index in [1.165, 1.54) is 67.0 Å². The third-order valence-electron chi connectivity index (χ3n) is 10.8. The quantitative estimate of drug-likeness (QED) is 0.0440. The van der Waals surface area contributed by atoms with Gasteiger partial charge in [-0.3, -0.25) is 9.97 Å². The van der Waals surface area contributed by atoms with Crippen LogP contribution in [0.15, 0.2) is 146 Å². The van der Waals surface area contributed by atoms with Crippen molar-refractivity contribution in [1.29, 1.82) is 0 Å². The van der Waals surface area contributed by atoms with Crippen LogP contribution in [0.4, 0.5) is 0 Å². The molecule has 354 valence electrons. The van der Waals surface area contributed by atoms with Gasteiger partial charge in [0, 0.05) is 22.3 Å². The lowest BCUT2D eigenvalue weighted by Gasteiger charge is -2.10. The second kappa shape index (κ2) is 19.8. The molecular weight excluding hydrogens is 937 g/mol. The average molecular weight is 967 g/mol. The fourth-order valence-corrected chi connectivity index (χ4v) is 7.22. The van der Waals surface area contributed by atoms with Gasteiger partial charge in [0.1, 0.15) is 0 Å². The van der Waals surface area contributed by atoms with Gasteiger partial charge in [-0.1, -0.05) is 48.5 Å². The fourth-order valence-electron chi connectivity index (χ4n) is 7.22. The van der Waals surface area contributed by atoms with E-state index in [9.17, 15) is 69.0 Å². The van der Waals surface area contributed by atoms with E-state index in [0.717, 1.165) is 24.3 Å². The highest BCUT2D eigenvalue weighted by Crippen LogP contribution is 2.30. The number of benzene rings is 6. The number of hydrogen-bond acceptors (Lipinski definition) is 14. The summed E-state index contributed by atoms with van der Waals surface area (Å²) in [5.74, 6) is -10.6. The number of nitrogens with zero attached hydrogens (tertiary/aromatic N) is 4. The van der Waals surface area contributed by atoms with Crippen molar-refractivity contribution in [2.75, 3.05) is 0 Å². The molecule has 0 saturated carbocycles. The number of hydrogen-bond donors (Lipinski definition) is 6. The van der Waals surface area contributed by atoms with E-state index in [0.29, 0.717) is 44.8 Å². The number of carbonyl (C=O) groups is 8. The average Bonchev–Trinajstić information content (AvgIpc) is 3.39. The number of carboxylic acid groups (broad SMARTS) is 6. The molecule has 72 heavy (non-hydrogen) atoms. The van der Waals surface area contributed by atoms with Crippen molar-refractivity contribution in [3.05, 3.63) is 190 Å². The van der Waals surface area contributed by atoms with Crippen molar-refractivity contribution < 1.29 is 78.8 Å². The first-order valence-corrected chi connectivity index (χ1v) is 20.7. The zero-order valence-corrected chi connectivity index (χ0v) is 36.4. The number of aromatic carboxylic acids is 6. The summed E-state index contributed by atoms with van der Waals surface area (Å²) < 4.78 is 0. The van der Waals surface area contributed by atoms with Gasteiger partial charge in [0.25, 0.3) is 0 Å². The Kier molecular flexibility index (Phi) is 13.1. The summed E-state index contributed by atoms with van der Waals surface area (Å²) in [5.41, 5.74) is 1.79. The molecule has 0 bridgehead atoms. The standard InChI is InChI=1S/C52H30N4O16/c57-45(58)33-11-29(12-34(19-33)46(59)60)25-1-5-27(6-2-25)41-9-10-42(56-55-41)31-15-37(49(65)66)21-39(17-31)51(69)71-72-52(70)40-18-32(16-38(22-40)50(67)68)44-24-53-43(23-54-44)28-7-3-26(4-8-28)30-13-35(47(61)62)20-36(14-30)48(63)64/h1-24H,(H,57,58)(H,59,60)(H,61,62)(H,63,64)(H,65,66)(H,67,68). The Hall–Kier alpha value is -10.8. The highest BCUT2D eigenvalue weighted by atomic mass is 17.2. The highest BCUT2D eigenvalue weighted by Gasteiger charge is 2.22. The fraction of sp³-hybridized carbons (Fsp3) is 0. The minimum absolute atomic E-state index is 0.109. The molecule has 20 nitrogen and oxygen atoms in total. The van der Waals surface area contributed by atoms with E-state index >= 15 is 0 Å². The molecule has 0 aliphatic rings. The first-order chi connectivity index (χ1) is 34.4. The molecule has 2 aromatic heterocycles. The molecule has 0 spiro atoms. The Balaban J connectivity index is 0.961. The number of rotatable bonds is 14. The summed E-state index contributed by atoms with van der Waals surface area (Å²) >= 11 is 0. The van der Waals surface area contributed by atoms with Crippen molar-refractivity contribution in [3.63, 3.8) is 0 Å². The van der Waals surface area contributed by atoms with E-state index in [2.05, 4.69) is 20.2 Å². The molecule has 0 aliphatic heterocycles. The van der Waals surface area contributed by atoms with Crippen LogP contribution in [0.3, 0.4) is 0 Å². The molecule has 6 N–H and O–H groups in total. The molecule has 0 radical (unpaired) electrons. The van der Waals surface area contributed by atoms with E-state index in [1.54, 1.807) is 54.6 Å². The smallest absolute Gasteiger partial charge is 0.386 e. The molecule has 20 heteroatoms. The minimum Gasteiger partial charge on any atom is -0.478 e. The van der Waals surface area contributed by atoms with E-state index in [-0.39, 0.29) is 67.0 Å². The lowest BCUT2D eigenvalue weighted by atomic mass is 9.98. The van der Waals surface area contributed by atoms with Crippen LogP contribution in [0.2, 0.25) is 0 Å². The Labute approximate surface area is 403 Å². The van der Waals surface area contributed by atoms with Crippen LogP contribution in [0.1, 0.15) is 82.9 Å². The maximum atomic E-state index is 13.2. The van der Waals surface area contributed by atoms with Crippen molar-refractivity contribution in [2.45, 2.75) is 0 Å². The van der Waals surface area contributed by atoms with E-state index in [1.807, 2.05) is 0 Å². The van der Waals surface area contributed by atoms with Crippen LogP contribution < -0.4 is 0 Å². The summed E-state index contributed by atoms with van der Waals surface area (Å²) in [6.07, 6.45) is 2.68. The summed E-state index contributed by atoms with van der Waals surface area (Å²) in [6.45, 7) is 0. The van der Waals surface area contributed by atoms with Crippen LogP contribution in [0, 0.1) is 0 Å². The van der Waals surface area contributed by atoms with Gasteiger partial charge >= 0.3 is 47.8 Å². The number of carbonyl (C=O) groups excluding carboxylic acids is 2. The van der Waals surface area contributed by atoms with Gasteiger partial charge in [0.05, 0.1) is 79.7 Å². The predicted octanol–water partition coefficient (Wildman–Crippen LogP) is 8.39. The molecule has 2 heterocycles. The van der Waals surface area contributed by atoms with Crippen LogP contribution in [0.25, 0.3) is 67.3 Å². The third kappa shape index (κ3) is 10.5. The Bertz CT molecular complexity index is 3260. The molecule has 0 saturated heterocycles. The van der Waals surface area contributed by atoms with Crippen LogP contribution in [-0.2, 0) is 9.78 Å². The maximum absolute atomic E-state index is 13.2. The molecule has 0 unspecified atom stereocenters. The minimum atomic E-state index is -1.43. The van der Waals surface area contributed by atoms with Crippen molar-refractivity contribution in [1.82, 2.24) is 20.2 Å². The van der Waals surface area contributed by atoms with Crippen LogP contribution in [-0.4, -0.2) is 98.6 Å². The Morgan fingerprint density at radius 3 is 0.847 bits per heavy atom. The van der Waals surface area contributed by atoms with Crippen molar-refractivity contribution >= 4 is 47.8 Å². The van der Waals surface area contributed by atoms with Gasteiger partial charge < -0.3 is 30.6 Å². The first-order valence-electron chi connectivity index (χ1n) is 20.7. The molecule has 0 amide bonds. The molecular formula is C52H30N4O16. The van der Waals surface area contributed by atoms with Gasteiger partial charge in [-0.15, -0.1) is 10.2 Å². The van der Waals surface area contributed by atoms with Gasteiger partial charge in [-0.25, -0.2) is 48.1 Å². The summed E-state index contributed by atoms with van der Waals surface area (Å²) in [7, 11) is 0. The Morgan fingerprint density at radius 1 is 0.278 bits per heavy atom. The SMILES string of the molecule is O=C(O)c1cc(C(=O)O)cc(-c2ccc(-c3cnc(-c4cc(C(=O)O)cc(C(=O)OOC(=O)c5cc(C(=O)O)cc(-c6ccc(-c7ccc(-c8cc(C(=O)O)cc(C(=O)O)c8)cc7)nn6)c5)c4)cn3)cc2)c1. The third-order valence-corrected chi connectivity index (χ3v) is 10.8. The summed E-state index contributed by atoms with van der Waals surface area (Å²) in [5, 5.41) is 65.9. The molecule has 0 atom stereocenters. The normalized spacial score (nSPS) is 10.7. The summed E-state index contributed by atoms with van der Waals surface area (Å²) in [6, 6.07) is 30.5. The van der Waals surface area contributed by atoms with Gasteiger partial charge in [-0.2, -0.15) is 0 Å². The van der Waals surface area contributed by atoms with Gasteiger partial charge in [0.2, 0.25) is 0 Å². The summed E-state index contributed by atoms with van der Waals surface area (Å²) in [4.78, 5) is 115. The van der Waals surface area contributed by atoms with Gasteiger partial charge in [0.15, 0.2) is 0 Å². The van der Waals surface area contributed by atoms with E-state index < -0.39 is 47.8 Å².